The maximum Gasteiger partial charge on any atom is 0.0918 e. The second kappa shape index (κ2) is 9.03. The lowest BCUT2D eigenvalue weighted by atomic mass is 10.1. The molecule has 3 rings (SSSR count). The molecule has 2 heterocycles. The Morgan fingerprint density at radius 2 is 2.21 bits per heavy atom. The number of nitrogens with two attached hydrogens (primary N) is 1. The van der Waals surface area contributed by atoms with Crippen LogP contribution in [0, 0.1) is 0 Å². The highest BCUT2D eigenvalue weighted by Crippen LogP contribution is 2.14. The Kier molecular flexibility index (Phi) is 6.75. The lowest BCUT2D eigenvalue weighted by molar-refractivity contribution is 0.233. The zero-order chi connectivity index (χ0) is 17.4. The van der Waals surface area contributed by atoms with Gasteiger partial charge in [-0.05, 0) is 50.2 Å². The van der Waals surface area contributed by atoms with Gasteiger partial charge in [0.15, 0.2) is 0 Å². The van der Waals surface area contributed by atoms with Crippen LogP contribution in [0.4, 0.5) is 0 Å². The van der Waals surface area contributed by atoms with Crippen molar-refractivity contribution < 1.29 is 0 Å². The van der Waals surface area contributed by atoms with Crippen LogP contribution in [0.1, 0.15) is 18.5 Å². The number of para-hydroxylation sites is 1. The van der Waals surface area contributed by atoms with Gasteiger partial charge in [0.05, 0.1) is 12.4 Å². The standard InChI is InChI=1S/C17H24N4.C2H5N/c1-13(19-15-7-5-9-21(2)12-15)18-11-16-10-14-6-3-4-8-17(14)20-16;1-2-3/h3-4,6,8,10,15,18-20H,1,5,7,9,11-12H2,2H3;2H,1,3H2. The van der Waals surface area contributed by atoms with E-state index in [1.54, 1.807) is 0 Å². The van der Waals surface area contributed by atoms with E-state index in [4.69, 9.17) is 0 Å². The molecule has 1 atom stereocenters. The summed E-state index contributed by atoms with van der Waals surface area (Å²) < 4.78 is 0. The second-order valence-corrected chi connectivity index (χ2v) is 6.20. The fourth-order valence-corrected chi connectivity index (χ4v) is 3.01. The van der Waals surface area contributed by atoms with Crippen molar-refractivity contribution in [3.05, 3.63) is 61.2 Å². The normalized spacial score (nSPS) is 17.6. The fraction of sp³-hybridized carbons (Fsp3) is 0.368. The molecule has 1 aliphatic heterocycles. The first kappa shape index (κ1) is 17.9. The number of aromatic amines is 1. The Balaban J connectivity index is 0.000000647. The van der Waals surface area contributed by atoms with Gasteiger partial charge in [0.2, 0.25) is 0 Å². The first-order valence-corrected chi connectivity index (χ1v) is 8.39. The van der Waals surface area contributed by atoms with Crippen molar-refractivity contribution in [2.75, 3.05) is 20.1 Å². The Hall–Kier alpha value is -2.40. The summed E-state index contributed by atoms with van der Waals surface area (Å²) in [6.45, 7) is 10.3. The Labute approximate surface area is 144 Å². The van der Waals surface area contributed by atoms with Crippen molar-refractivity contribution in [3.63, 3.8) is 0 Å². The van der Waals surface area contributed by atoms with Gasteiger partial charge in [-0.1, -0.05) is 31.4 Å². The number of piperidine rings is 1. The molecule has 24 heavy (non-hydrogen) atoms. The first-order chi connectivity index (χ1) is 11.6. The molecule has 0 spiro atoms. The predicted molar refractivity (Wildman–Crippen MR) is 102 cm³/mol. The third kappa shape index (κ3) is 5.35. The molecular weight excluding hydrogens is 298 g/mol. The summed E-state index contributed by atoms with van der Waals surface area (Å²) in [6.07, 6.45) is 3.72. The lowest BCUT2D eigenvalue weighted by Gasteiger charge is -2.31. The zero-order valence-corrected chi connectivity index (χ0v) is 14.5. The Morgan fingerprint density at radius 3 is 2.92 bits per heavy atom. The maximum atomic E-state index is 4.61. The third-order valence-corrected chi connectivity index (χ3v) is 4.08. The van der Waals surface area contributed by atoms with Gasteiger partial charge in [-0.2, -0.15) is 0 Å². The van der Waals surface area contributed by atoms with Gasteiger partial charge < -0.3 is 26.3 Å². The molecule has 5 heteroatoms. The molecule has 1 aliphatic rings. The van der Waals surface area contributed by atoms with Crippen molar-refractivity contribution in [1.29, 1.82) is 0 Å². The molecule has 5 N–H and O–H groups in total. The van der Waals surface area contributed by atoms with E-state index >= 15 is 0 Å². The van der Waals surface area contributed by atoms with E-state index in [0.717, 1.165) is 18.9 Å². The SMILES string of the molecule is C=C(NCc1cc2ccccc2[nH]1)NC1CCCN(C)C1.C=CN. The highest BCUT2D eigenvalue weighted by Gasteiger charge is 2.16. The summed E-state index contributed by atoms with van der Waals surface area (Å²) in [5.41, 5.74) is 6.97. The van der Waals surface area contributed by atoms with E-state index in [2.05, 4.69) is 76.8 Å². The van der Waals surface area contributed by atoms with Crippen molar-refractivity contribution >= 4 is 10.9 Å². The average Bonchev–Trinajstić information content (AvgIpc) is 2.97. The zero-order valence-electron chi connectivity index (χ0n) is 14.5. The van der Waals surface area contributed by atoms with Gasteiger partial charge in [0.1, 0.15) is 0 Å². The summed E-state index contributed by atoms with van der Waals surface area (Å²) >= 11 is 0. The molecular formula is C19H29N5. The molecule has 1 unspecified atom stereocenters. The van der Waals surface area contributed by atoms with Crippen molar-refractivity contribution in [2.24, 2.45) is 5.73 Å². The highest BCUT2D eigenvalue weighted by molar-refractivity contribution is 5.80. The number of rotatable bonds is 5. The number of likely N-dealkylation sites (N-methyl/N-ethyl adjacent to an activating group) is 1. The average molecular weight is 327 g/mol. The summed E-state index contributed by atoms with van der Waals surface area (Å²) in [6, 6.07) is 11.0. The van der Waals surface area contributed by atoms with Crippen molar-refractivity contribution in [3.8, 4) is 0 Å². The van der Waals surface area contributed by atoms with Gasteiger partial charge in [-0.15, -0.1) is 0 Å². The summed E-state index contributed by atoms with van der Waals surface area (Å²) in [7, 11) is 2.18. The molecule has 1 saturated heterocycles. The quantitative estimate of drug-likeness (QED) is 0.681. The summed E-state index contributed by atoms with van der Waals surface area (Å²) in [5.74, 6) is 0.911. The molecule has 0 amide bonds. The van der Waals surface area contributed by atoms with E-state index in [9.17, 15) is 0 Å². The van der Waals surface area contributed by atoms with Crippen LogP contribution in [0.2, 0.25) is 0 Å². The minimum Gasteiger partial charge on any atom is -0.405 e. The van der Waals surface area contributed by atoms with Crippen LogP contribution in [0.15, 0.2) is 55.5 Å². The van der Waals surface area contributed by atoms with Crippen LogP contribution in [0.3, 0.4) is 0 Å². The van der Waals surface area contributed by atoms with Crippen LogP contribution in [-0.4, -0.2) is 36.1 Å². The number of benzene rings is 1. The van der Waals surface area contributed by atoms with Gasteiger partial charge in [-0.25, -0.2) is 0 Å². The van der Waals surface area contributed by atoms with Crippen molar-refractivity contribution in [2.45, 2.75) is 25.4 Å². The maximum absolute atomic E-state index is 4.61. The summed E-state index contributed by atoms with van der Waals surface area (Å²) in [4.78, 5) is 5.79. The monoisotopic (exact) mass is 327 g/mol. The van der Waals surface area contributed by atoms with E-state index in [1.807, 2.05) is 0 Å². The fourth-order valence-electron chi connectivity index (χ4n) is 3.01. The van der Waals surface area contributed by atoms with E-state index in [0.29, 0.717) is 6.04 Å². The smallest absolute Gasteiger partial charge is 0.0918 e. The number of H-pyrrole nitrogens is 1. The second-order valence-electron chi connectivity index (χ2n) is 6.20. The van der Waals surface area contributed by atoms with Gasteiger partial charge in [0, 0.05) is 23.8 Å². The molecule has 1 aromatic heterocycles. The minimum atomic E-state index is 0.506. The summed E-state index contributed by atoms with van der Waals surface area (Å²) in [5, 5.41) is 8.11. The van der Waals surface area contributed by atoms with E-state index in [-0.39, 0.29) is 0 Å². The topological polar surface area (TPSA) is 69.1 Å². The number of fused-ring (bicyclic) bond motifs is 1. The lowest BCUT2D eigenvalue weighted by Crippen LogP contribution is -2.45. The Morgan fingerprint density at radius 1 is 1.46 bits per heavy atom. The van der Waals surface area contributed by atoms with Crippen LogP contribution in [-0.2, 0) is 6.54 Å². The van der Waals surface area contributed by atoms with E-state index < -0.39 is 0 Å². The van der Waals surface area contributed by atoms with Crippen LogP contribution in [0.5, 0.6) is 0 Å². The Bertz CT molecular complexity index is 628. The van der Waals surface area contributed by atoms with Gasteiger partial charge >= 0.3 is 0 Å². The number of hydrogen-bond donors (Lipinski definition) is 4. The molecule has 1 aromatic carbocycles. The van der Waals surface area contributed by atoms with Crippen molar-refractivity contribution in [1.82, 2.24) is 20.5 Å². The van der Waals surface area contributed by atoms with Crippen LogP contribution < -0.4 is 16.4 Å². The number of aromatic nitrogens is 1. The molecule has 0 radical (unpaired) electrons. The highest BCUT2D eigenvalue weighted by atomic mass is 15.2. The molecule has 0 saturated carbocycles. The minimum absolute atomic E-state index is 0.506. The number of nitrogens with zero attached hydrogens (tertiary/aromatic N) is 1. The molecule has 2 aromatic rings. The number of hydrogen-bond acceptors (Lipinski definition) is 4. The molecule has 5 nitrogen and oxygen atoms in total. The third-order valence-electron chi connectivity index (χ3n) is 4.08. The van der Waals surface area contributed by atoms with Crippen LogP contribution in [0.25, 0.3) is 10.9 Å². The largest absolute Gasteiger partial charge is 0.405 e. The first-order valence-electron chi connectivity index (χ1n) is 8.39. The molecule has 130 valence electrons. The number of nitrogens with one attached hydrogen (secondary N) is 3. The van der Waals surface area contributed by atoms with Gasteiger partial charge in [0.25, 0.3) is 0 Å². The van der Waals surface area contributed by atoms with Gasteiger partial charge in [-0.3, -0.25) is 0 Å². The van der Waals surface area contributed by atoms with Crippen LogP contribution >= 0.6 is 0 Å². The molecule has 0 aliphatic carbocycles. The molecule has 1 fully saturated rings. The van der Waals surface area contributed by atoms with E-state index in [1.165, 1.54) is 42.2 Å². The predicted octanol–water partition coefficient (Wildman–Crippen LogP) is 2.50. The molecule has 0 bridgehead atoms. The number of likely N-dealkylation sites (tertiary alicyclic amines) is 1.